The van der Waals surface area contributed by atoms with Crippen LogP contribution in [0.4, 0.5) is 16.2 Å². The number of aliphatic hydroxyl groups is 1. The molecule has 1 fully saturated rings. The Labute approximate surface area is 210 Å². The number of aromatic nitrogens is 2. The number of cyclic esters (lactones) is 1. The van der Waals surface area contributed by atoms with Gasteiger partial charge >= 0.3 is 6.09 Å². The molecule has 0 bridgehead atoms. The van der Waals surface area contributed by atoms with E-state index in [-0.39, 0.29) is 25.4 Å². The van der Waals surface area contributed by atoms with Gasteiger partial charge in [-0.25, -0.2) is 9.78 Å². The van der Waals surface area contributed by atoms with Gasteiger partial charge in [0.15, 0.2) is 0 Å². The molecule has 0 saturated carbocycles. The number of ether oxygens (including phenoxy) is 2. The number of anilines is 2. The number of aliphatic hydroxyl groups excluding tert-OH is 1. The van der Waals surface area contributed by atoms with Crippen LogP contribution in [0.25, 0.3) is 11.0 Å². The highest BCUT2D eigenvalue weighted by Gasteiger charge is 2.33. The second-order valence-corrected chi connectivity index (χ2v) is 9.31. The van der Waals surface area contributed by atoms with E-state index >= 15 is 0 Å². The Kier molecular flexibility index (Phi) is 6.61. The lowest BCUT2D eigenvalue weighted by molar-refractivity contribution is -0.129. The number of fused-ring (bicyclic) bond motifs is 2. The molecule has 3 N–H and O–H groups in total. The number of benzene rings is 1. The quantitative estimate of drug-likeness (QED) is 0.434. The molecule has 2 unspecified atom stereocenters. The number of carbonyl (C=O) groups excluding carboxylic acids is 3. The molecule has 4 heterocycles. The van der Waals surface area contributed by atoms with Crippen molar-refractivity contribution in [1.82, 2.24) is 15.3 Å². The summed E-state index contributed by atoms with van der Waals surface area (Å²) in [6.07, 6.45) is -0.860. The molecule has 2 aliphatic rings. The minimum atomic E-state index is -1.33. The normalized spacial score (nSPS) is 17.8. The van der Waals surface area contributed by atoms with Crippen molar-refractivity contribution in [2.45, 2.75) is 23.5 Å². The number of nitrogens with zero attached hydrogens (tertiary/aromatic N) is 3. The first-order chi connectivity index (χ1) is 17.4. The van der Waals surface area contributed by atoms with Crippen LogP contribution in [-0.2, 0) is 20.7 Å². The number of thioether (sulfide) groups is 1. The molecule has 5 rings (SSSR count). The zero-order chi connectivity index (χ0) is 25.2. The van der Waals surface area contributed by atoms with E-state index in [0.29, 0.717) is 39.6 Å². The average molecular weight is 510 g/mol. The first kappa shape index (κ1) is 23.8. The van der Waals surface area contributed by atoms with E-state index in [2.05, 4.69) is 20.6 Å². The molecule has 12 heteroatoms. The molecular weight excluding hydrogens is 486 g/mol. The molecule has 2 aliphatic heterocycles. The van der Waals surface area contributed by atoms with Crippen LogP contribution in [0.2, 0.25) is 0 Å². The van der Waals surface area contributed by atoms with E-state index in [1.165, 1.54) is 23.8 Å². The number of hydrogen-bond acceptors (Lipinski definition) is 9. The first-order valence-electron chi connectivity index (χ1n) is 11.2. The third-order valence-corrected chi connectivity index (χ3v) is 6.93. The number of hydrogen-bond donors (Lipinski definition) is 3. The first-order valence-corrected chi connectivity index (χ1v) is 12.2. The SMILES string of the molecule is COc1ccc2nccc(CC(O)C(=O)NCC3CN(c4ccc5c(c4)NC(=O)CS5)C(=O)O3)c2n1. The fourth-order valence-electron chi connectivity index (χ4n) is 4.05. The molecule has 2 atom stereocenters. The summed E-state index contributed by atoms with van der Waals surface area (Å²) in [5.74, 6) is 0.0742. The standard InChI is InChI=1S/C24H23N5O6S/c1-34-21-5-3-16-22(28-21)13(6-7-25-16)8-18(30)23(32)26-10-15-11-29(24(33)35-15)14-2-4-19-17(9-14)27-20(31)12-36-19/h2-7,9,15,18,30H,8,10-12H2,1H3,(H,26,32)(H,27,31). The van der Waals surface area contributed by atoms with Crippen LogP contribution in [0.3, 0.4) is 0 Å². The summed E-state index contributed by atoms with van der Waals surface area (Å²) in [4.78, 5) is 47.7. The molecule has 2 aromatic heterocycles. The topological polar surface area (TPSA) is 143 Å². The predicted molar refractivity (Wildman–Crippen MR) is 132 cm³/mol. The van der Waals surface area contributed by atoms with E-state index in [4.69, 9.17) is 9.47 Å². The van der Waals surface area contributed by atoms with Crippen LogP contribution < -0.4 is 20.3 Å². The number of methoxy groups -OCH3 is 1. The van der Waals surface area contributed by atoms with Crippen molar-refractivity contribution in [1.29, 1.82) is 0 Å². The van der Waals surface area contributed by atoms with Crippen LogP contribution in [0.1, 0.15) is 5.56 Å². The lowest BCUT2D eigenvalue weighted by atomic mass is 10.1. The van der Waals surface area contributed by atoms with Gasteiger partial charge in [-0.05, 0) is 35.9 Å². The summed E-state index contributed by atoms with van der Waals surface area (Å²) in [7, 11) is 1.51. The molecule has 36 heavy (non-hydrogen) atoms. The maximum Gasteiger partial charge on any atom is 0.414 e. The second kappa shape index (κ2) is 9.99. The Morgan fingerprint density at radius 3 is 3.03 bits per heavy atom. The summed E-state index contributed by atoms with van der Waals surface area (Å²) in [6.45, 7) is 0.257. The molecule has 0 spiro atoms. The molecule has 3 amide bonds. The number of rotatable bonds is 7. The molecular formula is C24H23N5O6S. The van der Waals surface area contributed by atoms with Gasteiger partial charge < -0.3 is 25.2 Å². The highest BCUT2D eigenvalue weighted by atomic mass is 32.2. The summed E-state index contributed by atoms with van der Waals surface area (Å²) < 4.78 is 10.6. The largest absolute Gasteiger partial charge is 0.481 e. The predicted octanol–water partition coefficient (Wildman–Crippen LogP) is 1.73. The van der Waals surface area contributed by atoms with Crippen molar-refractivity contribution in [2.24, 2.45) is 0 Å². The number of amides is 3. The Bertz CT molecular complexity index is 1350. The lowest BCUT2D eigenvalue weighted by Crippen LogP contribution is -2.41. The average Bonchev–Trinajstić information content (AvgIpc) is 3.27. The molecule has 3 aromatic rings. The van der Waals surface area contributed by atoms with E-state index < -0.39 is 24.2 Å². The number of pyridine rings is 2. The lowest BCUT2D eigenvalue weighted by Gasteiger charge is -2.20. The Balaban J connectivity index is 1.19. The number of carbonyl (C=O) groups is 3. The van der Waals surface area contributed by atoms with Crippen molar-refractivity contribution in [2.75, 3.05) is 36.2 Å². The second-order valence-electron chi connectivity index (χ2n) is 8.29. The molecule has 0 aliphatic carbocycles. The van der Waals surface area contributed by atoms with Gasteiger partial charge in [-0.2, -0.15) is 0 Å². The fraction of sp³-hybridized carbons (Fsp3) is 0.292. The van der Waals surface area contributed by atoms with Crippen LogP contribution >= 0.6 is 11.8 Å². The maximum absolute atomic E-state index is 12.6. The number of nitrogens with one attached hydrogen (secondary N) is 2. The zero-order valence-electron chi connectivity index (χ0n) is 19.3. The summed E-state index contributed by atoms with van der Waals surface area (Å²) in [6, 6.07) is 10.5. The van der Waals surface area contributed by atoms with E-state index in [0.717, 1.165) is 4.90 Å². The van der Waals surface area contributed by atoms with Crippen LogP contribution in [-0.4, -0.2) is 71.1 Å². The van der Waals surface area contributed by atoms with Gasteiger partial charge in [0.05, 0.1) is 42.7 Å². The van der Waals surface area contributed by atoms with Gasteiger partial charge in [0, 0.05) is 29.3 Å². The Hall–Kier alpha value is -3.90. The van der Waals surface area contributed by atoms with Gasteiger partial charge in [-0.1, -0.05) is 0 Å². The van der Waals surface area contributed by atoms with Gasteiger partial charge in [0.25, 0.3) is 0 Å². The van der Waals surface area contributed by atoms with Gasteiger partial charge in [0.1, 0.15) is 12.2 Å². The molecule has 11 nitrogen and oxygen atoms in total. The third kappa shape index (κ3) is 4.90. The Morgan fingerprint density at radius 1 is 1.33 bits per heavy atom. The summed E-state index contributed by atoms with van der Waals surface area (Å²) in [5.41, 5.74) is 3.06. The van der Waals surface area contributed by atoms with Crippen molar-refractivity contribution in [3.63, 3.8) is 0 Å². The van der Waals surface area contributed by atoms with Crippen LogP contribution in [0.5, 0.6) is 5.88 Å². The Morgan fingerprint density at radius 2 is 2.19 bits per heavy atom. The minimum absolute atomic E-state index is 0.0282. The van der Waals surface area contributed by atoms with E-state index in [9.17, 15) is 19.5 Å². The monoisotopic (exact) mass is 509 g/mol. The van der Waals surface area contributed by atoms with E-state index in [1.54, 1.807) is 36.5 Å². The van der Waals surface area contributed by atoms with Crippen molar-refractivity contribution < 1.29 is 29.0 Å². The zero-order valence-corrected chi connectivity index (χ0v) is 20.1. The molecule has 0 radical (unpaired) electrons. The smallest absolute Gasteiger partial charge is 0.414 e. The van der Waals surface area contributed by atoms with Gasteiger partial charge in [-0.15, -0.1) is 11.8 Å². The summed E-state index contributed by atoms with van der Waals surface area (Å²) in [5, 5.41) is 16.0. The highest BCUT2D eigenvalue weighted by molar-refractivity contribution is 8.00. The molecule has 1 saturated heterocycles. The molecule has 186 valence electrons. The highest BCUT2D eigenvalue weighted by Crippen LogP contribution is 2.35. The van der Waals surface area contributed by atoms with Gasteiger partial charge in [-0.3, -0.25) is 19.5 Å². The minimum Gasteiger partial charge on any atom is -0.481 e. The maximum atomic E-state index is 12.6. The van der Waals surface area contributed by atoms with Crippen LogP contribution in [0.15, 0.2) is 47.5 Å². The van der Waals surface area contributed by atoms with Gasteiger partial charge in [0.2, 0.25) is 17.7 Å². The summed E-state index contributed by atoms with van der Waals surface area (Å²) >= 11 is 1.43. The molecule has 1 aromatic carbocycles. The van der Waals surface area contributed by atoms with Crippen molar-refractivity contribution >= 4 is 52.1 Å². The van der Waals surface area contributed by atoms with Crippen LogP contribution in [0, 0.1) is 0 Å². The van der Waals surface area contributed by atoms with Crippen molar-refractivity contribution in [3.05, 3.63) is 48.2 Å². The van der Waals surface area contributed by atoms with Crippen molar-refractivity contribution in [3.8, 4) is 5.88 Å². The fourth-order valence-corrected chi connectivity index (χ4v) is 4.84. The third-order valence-electron chi connectivity index (χ3n) is 5.85. The van der Waals surface area contributed by atoms with E-state index in [1.807, 2.05) is 6.07 Å².